The summed E-state index contributed by atoms with van der Waals surface area (Å²) in [5.74, 6) is 0.605. The van der Waals surface area contributed by atoms with Gasteiger partial charge in [0.1, 0.15) is 5.65 Å². The molecule has 5 nitrogen and oxygen atoms in total. The van der Waals surface area contributed by atoms with Crippen LogP contribution in [0.1, 0.15) is 31.4 Å². The molecule has 2 aromatic heterocycles. The third-order valence-corrected chi connectivity index (χ3v) is 5.43. The molecule has 0 bridgehead atoms. The highest BCUT2D eigenvalue weighted by molar-refractivity contribution is 6.30. The highest BCUT2D eigenvalue weighted by Gasteiger charge is 2.29. The van der Waals surface area contributed by atoms with E-state index in [4.69, 9.17) is 11.6 Å². The standard InChI is InChI=1S/C18H23ClN4O/c19-15-3-4-17-20-16(13-23(17)11-15)12-21-9-5-14(6-10-21)18(24)22-7-1-2-8-22/h3-4,11,13-14H,1-2,5-10,12H2. The summed E-state index contributed by atoms with van der Waals surface area (Å²) in [5, 5.41) is 0.715. The van der Waals surface area contributed by atoms with Crippen LogP contribution in [0, 0.1) is 5.92 Å². The number of piperidine rings is 1. The Morgan fingerprint density at radius 1 is 1.12 bits per heavy atom. The van der Waals surface area contributed by atoms with Gasteiger partial charge < -0.3 is 9.30 Å². The van der Waals surface area contributed by atoms with E-state index in [2.05, 4.69) is 14.8 Å². The zero-order valence-corrected chi connectivity index (χ0v) is 14.6. The number of fused-ring (bicyclic) bond motifs is 1. The van der Waals surface area contributed by atoms with E-state index in [1.54, 1.807) is 0 Å². The van der Waals surface area contributed by atoms with Gasteiger partial charge in [0.25, 0.3) is 0 Å². The average Bonchev–Trinajstić information content (AvgIpc) is 3.23. The fourth-order valence-corrected chi connectivity index (χ4v) is 4.02. The molecule has 0 N–H and O–H groups in total. The summed E-state index contributed by atoms with van der Waals surface area (Å²) in [6.45, 7) is 4.70. The van der Waals surface area contributed by atoms with E-state index in [9.17, 15) is 4.79 Å². The Morgan fingerprint density at radius 3 is 2.62 bits per heavy atom. The first-order valence-corrected chi connectivity index (χ1v) is 9.21. The summed E-state index contributed by atoms with van der Waals surface area (Å²) < 4.78 is 1.97. The van der Waals surface area contributed by atoms with Gasteiger partial charge in [-0.2, -0.15) is 0 Å². The van der Waals surface area contributed by atoms with Crippen LogP contribution in [0.5, 0.6) is 0 Å². The molecule has 2 saturated heterocycles. The van der Waals surface area contributed by atoms with Crippen molar-refractivity contribution in [3.8, 4) is 0 Å². The number of carbonyl (C=O) groups excluding carboxylic acids is 1. The number of amides is 1. The number of pyridine rings is 1. The van der Waals surface area contributed by atoms with E-state index in [0.29, 0.717) is 10.9 Å². The largest absolute Gasteiger partial charge is 0.342 e. The highest BCUT2D eigenvalue weighted by atomic mass is 35.5. The number of aromatic nitrogens is 2. The maximum Gasteiger partial charge on any atom is 0.225 e. The van der Waals surface area contributed by atoms with Gasteiger partial charge >= 0.3 is 0 Å². The molecule has 0 atom stereocenters. The monoisotopic (exact) mass is 346 g/mol. The predicted octanol–water partition coefficient (Wildman–Crippen LogP) is 2.82. The van der Waals surface area contributed by atoms with Crippen molar-refractivity contribution in [2.75, 3.05) is 26.2 Å². The van der Waals surface area contributed by atoms with Crippen LogP contribution in [-0.4, -0.2) is 51.3 Å². The molecule has 24 heavy (non-hydrogen) atoms. The Bertz CT molecular complexity index is 730. The fourth-order valence-electron chi connectivity index (χ4n) is 3.86. The highest BCUT2D eigenvalue weighted by Crippen LogP contribution is 2.23. The molecule has 0 aliphatic carbocycles. The minimum absolute atomic E-state index is 0.222. The minimum atomic E-state index is 0.222. The van der Waals surface area contributed by atoms with E-state index in [-0.39, 0.29) is 5.92 Å². The lowest BCUT2D eigenvalue weighted by Crippen LogP contribution is -2.41. The number of nitrogens with zero attached hydrogens (tertiary/aromatic N) is 4. The van der Waals surface area contributed by atoms with E-state index in [1.165, 1.54) is 12.8 Å². The van der Waals surface area contributed by atoms with Gasteiger partial charge in [-0.3, -0.25) is 9.69 Å². The summed E-state index contributed by atoms with van der Waals surface area (Å²) in [5.41, 5.74) is 1.98. The maximum atomic E-state index is 12.5. The molecular weight excluding hydrogens is 324 g/mol. The van der Waals surface area contributed by atoms with Crippen molar-refractivity contribution in [3.05, 3.63) is 35.2 Å². The third-order valence-electron chi connectivity index (χ3n) is 5.21. The molecule has 4 heterocycles. The molecule has 0 radical (unpaired) electrons. The molecule has 2 aliphatic rings. The molecule has 2 aliphatic heterocycles. The van der Waals surface area contributed by atoms with E-state index >= 15 is 0 Å². The van der Waals surface area contributed by atoms with Crippen molar-refractivity contribution in [3.63, 3.8) is 0 Å². The van der Waals surface area contributed by atoms with Gasteiger partial charge in [0.2, 0.25) is 5.91 Å². The zero-order chi connectivity index (χ0) is 16.5. The second kappa shape index (κ2) is 6.73. The molecule has 0 spiro atoms. The Labute approximate surface area is 147 Å². The maximum absolute atomic E-state index is 12.5. The Morgan fingerprint density at radius 2 is 1.88 bits per heavy atom. The molecule has 1 amide bonds. The SMILES string of the molecule is O=C(C1CCN(Cc2cn3cc(Cl)ccc3n2)CC1)N1CCCC1. The zero-order valence-electron chi connectivity index (χ0n) is 13.8. The smallest absolute Gasteiger partial charge is 0.225 e. The first-order chi connectivity index (χ1) is 11.7. The Kier molecular flexibility index (Phi) is 4.46. The fraction of sp³-hybridized carbons (Fsp3) is 0.556. The van der Waals surface area contributed by atoms with E-state index in [0.717, 1.165) is 56.9 Å². The van der Waals surface area contributed by atoms with E-state index < -0.39 is 0 Å². The lowest BCUT2D eigenvalue weighted by Gasteiger charge is -2.32. The summed E-state index contributed by atoms with van der Waals surface area (Å²) in [7, 11) is 0. The molecule has 0 unspecified atom stereocenters. The Balaban J connectivity index is 1.34. The molecule has 6 heteroatoms. The van der Waals surface area contributed by atoms with Crippen LogP contribution in [0.15, 0.2) is 24.5 Å². The van der Waals surface area contributed by atoms with Crippen molar-refractivity contribution in [2.24, 2.45) is 5.92 Å². The van der Waals surface area contributed by atoms with Crippen molar-refractivity contribution in [1.82, 2.24) is 19.2 Å². The lowest BCUT2D eigenvalue weighted by molar-refractivity contribution is -0.136. The van der Waals surface area contributed by atoms with Crippen molar-refractivity contribution < 1.29 is 4.79 Å². The quantitative estimate of drug-likeness (QED) is 0.858. The number of imidazole rings is 1. The van der Waals surface area contributed by atoms with E-state index in [1.807, 2.05) is 28.9 Å². The van der Waals surface area contributed by atoms with Gasteiger partial charge in [-0.25, -0.2) is 4.98 Å². The van der Waals surface area contributed by atoms with Gasteiger partial charge in [-0.15, -0.1) is 0 Å². The molecule has 0 saturated carbocycles. The second-order valence-electron chi connectivity index (χ2n) is 6.93. The number of halogens is 1. The van der Waals surface area contributed by atoms with Gasteiger partial charge in [0.15, 0.2) is 0 Å². The van der Waals surface area contributed by atoms with Gasteiger partial charge in [0, 0.05) is 37.9 Å². The van der Waals surface area contributed by atoms with Crippen LogP contribution in [0.4, 0.5) is 0 Å². The van der Waals surface area contributed by atoms with Crippen molar-refractivity contribution in [2.45, 2.75) is 32.2 Å². The minimum Gasteiger partial charge on any atom is -0.342 e. The van der Waals surface area contributed by atoms with Crippen molar-refractivity contribution >= 4 is 23.2 Å². The van der Waals surface area contributed by atoms with Gasteiger partial charge in [-0.05, 0) is 50.9 Å². The summed E-state index contributed by atoms with van der Waals surface area (Å²) in [6, 6.07) is 3.80. The summed E-state index contributed by atoms with van der Waals surface area (Å²) in [4.78, 5) is 21.6. The van der Waals surface area contributed by atoms with Crippen LogP contribution >= 0.6 is 11.6 Å². The molecule has 0 aromatic carbocycles. The van der Waals surface area contributed by atoms with Crippen LogP contribution < -0.4 is 0 Å². The normalized spacial score (nSPS) is 20.1. The third kappa shape index (κ3) is 3.28. The van der Waals surface area contributed by atoms with Crippen LogP contribution in [0.2, 0.25) is 5.02 Å². The molecular formula is C18H23ClN4O. The molecule has 2 aromatic rings. The Hall–Kier alpha value is -1.59. The summed E-state index contributed by atoms with van der Waals surface area (Å²) >= 11 is 6.02. The number of carbonyl (C=O) groups is 1. The van der Waals surface area contributed by atoms with Crippen LogP contribution in [0.25, 0.3) is 5.65 Å². The molecule has 128 valence electrons. The molecule has 4 rings (SSSR count). The predicted molar refractivity (Wildman–Crippen MR) is 94.0 cm³/mol. The summed E-state index contributed by atoms with van der Waals surface area (Å²) in [6.07, 6.45) is 8.20. The first-order valence-electron chi connectivity index (χ1n) is 8.83. The number of rotatable bonds is 3. The second-order valence-corrected chi connectivity index (χ2v) is 7.36. The average molecular weight is 347 g/mol. The van der Waals surface area contributed by atoms with Crippen molar-refractivity contribution in [1.29, 1.82) is 0 Å². The first kappa shape index (κ1) is 15.9. The van der Waals surface area contributed by atoms with Gasteiger partial charge in [0.05, 0.1) is 10.7 Å². The lowest BCUT2D eigenvalue weighted by atomic mass is 9.95. The number of hydrogen-bond acceptors (Lipinski definition) is 3. The number of likely N-dealkylation sites (tertiary alicyclic amines) is 2. The van der Waals surface area contributed by atoms with Crippen LogP contribution in [0.3, 0.4) is 0 Å². The number of hydrogen-bond donors (Lipinski definition) is 0. The van der Waals surface area contributed by atoms with Gasteiger partial charge in [-0.1, -0.05) is 11.6 Å². The van der Waals surface area contributed by atoms with Crippen LogP contribution in [-0.2, 0) is 11.3 Å². The topological polar surface area (TPSA) is 40.9 Å². The molecule has 2 fully saturated rings.